The standard InChI is InChI=1S/C21H24N4O/c1-2-25-20-18(14-22-25)17(21(26)23-16-11-7-4-8-12-16)13-19(24-20)15-9-5-3-6-10-15/h3,5-6,9-10,13-14,16H,2,4,7-8,11-12H2,1H3,(H,23,26). The third-order valence-electron chi connectivity index (χ3n) is 5.16. The number of carbonyl (C=O) groups is 1. The molecule has 1 saturated carbocycles. The van der Waals surface area contributed by atoms with E-state index in [2.05, 4.69) is 10.4 Å². The van der Waals surface area contributed by atoms with E-state index in [0.717, 1.165) is 41.7 Å². The molecular weight excluding hydrogens is 324 g/mol. The van der Waals surface area contributed by atoms with Crippen LogP contribution in [0.2, 0.25) is 0 Å². The topological polar surface area (TPSA) is 59.8 Å². The number of pyridine rings is 1. The molecule has 0 saturated heterocycles. The van der Waals surface area contributed by atoms with Crippen molar-refractivity contribution in [1.82, 2.24) is 20.1 Å². The summed E-state index contributed by atoms with van der Waals surface area (Å²) in [7, 11) is 0. The summed E-state index contributed by atoms with van der Waals surface area (Å²) in [5.41, 5.74) is 3.24. The molecule has 1 fully saturated rings. The van der Waals surface area contributed by atoms with Crippen LogP contribution in [0.15, 0.2) is 42.6 Å². The minimum atomic E-state index is -0.0165. The highest BCUT2D eigenvalue weighted by molar-refractivity contribution is 6.06. The first kappa shape index (κ1) is 16.8. The van der Waals surface area contributed by atoms with Crippen molar-refractivity contribution < 1.29 is 4.79 Å². The lowest BCUT2D eigenvalue weighted by atomic mass is 9.95. The second-order valence-corrected chi connectivity index (χ2v) is 6.93. The summed E-state index contributed by atoms with van der Waals surface area (Å²) >= 11 is 0. The van der Waals surface area contributed by atoms with Crippen molar-refractivity contribution in [3.8, 4) is 11.3 Å². The Bertz CT molecular complexity index is 910. The lowest BCUT2D eigenvalue weighted by Gasteiger charge is -2.23. The highest BCUT2D eigenvalue weighted by Crippen LogP contribution is 2.26. The van der Waals surface area contributed by atoms with Gasteiger partial charge in [0.25, 0.3) is 5.91 Å². The summed E-state index contributed by atoms with van der Waals surface area (Å²) in [5, 5.41) is 8.46. The first-order chi connectivity index (χ1) is 12.8. The molecule has 0 unspecified atom stereocenters. The minimum Gasteiger partial charge on any atom is -0.349 e. The van der Waals surface area contributed by atoms with Gasteiger partial charge in [0.05, 0.1) is 22.8 Å². The molecule has 1 aromatic carbocycles. The predicted octanol–water partition coefficient (Wildman–Crippen LogP) is 4.18. The van der Waals surface area contributed by atoms with Gasteiger partial charge in [0.1, 0.15) is 0 Å². The Morgan fingerprint density at radius 2 is 1.96 bits per heavy atom. The lowest BCUT2D eigenvalue weighted by Crippen LogP contribution is -2.36. The second kappa shape index (κ2) is 7.28. The third-order valence-corrected chi connectivity index (χ3v) is 5.16. The van der Waals surface area contributed by atoms with Crippen LogP contribution < -0.4 is 5.32 Å². The number of benzene rings is 1. The van der Waals surface area contributed by atoms with E-state index in [1.807, 2.05) is 48.0 Å². The Labute approximate surface area is 153 Å². The van der Waals surface area contributed by atoms with Crippen molar-refractivity contribution in [2.45, 2.75) is 51.6 Å². The van der Waals surface area contributed by atoms with Crippen molar-refractivity contribution in [1.29, 1.82) is 0 Å². The summed E-state index contributed by atoms with van der Waals surface area (Å²) in [6.45, 7) is 2.75. The van der Waals surface area contributed by atoms with Crippen LogP contribution in [-0.4, -0.2) is 26.7 Å². The Morgan fingerprint density at radius 3 is 2.69 bits per heavy atom. The van der Waals surface area contributed by atoms with E-state index in [-0.39, 0.29) is 11.9 Å². The number of hydrogen-bond acceptors (Lipinski definition) is 3. The van der Waals surface area contributed by atoms with Crippen LogP contribution in [0.5, 0.6) is 0 Å². The molecule has 0 spiro atoms. The predicted molar refractivity (Wildman–Crippen MR) is 103 cm³/mol. The monoisotopic (exact) mass is 348 g/mol. The first-order valence-corrected chi connectivity index (χ1v) is 9.49. The van der Waals surface area contributed by atoms with Gasteiger partial charge in [0.2, 0.25) is 0 Å². The maximum Gasteiger partial charge on any atom is 0.252 e. The largest absolute Gasteiger partial charge is 0.349 e. The van der Waals surface area contributed by atoms with Gasteiger partial charge in [-0.2, -0.15) is 5.10 Å². The van der Waals surface area contributed by atoms with Gasteiger partial charge in [0, 0.05) is 18.2 Å². The third kappa shape index (κ3) is 3.21. The molecule has 1 amide bonds. The van der Waals surface area contributed by atoms with Gasteiger partial charge in [-0.15, -0.1) is 0 Å². The molecule has 3 aromatic rings. The Kier molecular flexibility index (Phi) is 4.69. The average Bonchev–Trinajstić information content (AvgIpc) is 3.11. The van der Waals surface area contributed by atoms with E-state index in [0.29, 0.717) is 5.56 Å². The molecule has 1 aliphatic carbocycles. The van der Waals surface area contributed by atoms with Gasteiger partial charge >= 0.3 is 0 Å². The molecule has 5 heteroatoms. The molecule has 26 heavy (non-hydrogen) atoms. The molecule has 0 radical (unpaired) electrons. The Balaban J connectivity index is 1.76. The van der Waals surface area contributed by atoms with Crippen LogP contribution in [0.1, 0.15) is 49.4 Å². The van der Waals surface area contributed by atoms with Crippen LogP contribution >= 0.6 is 0 Å². The number of fused-ring (bicyclic) bond motifs is 1. The van der Waals surface area contributed by atoms with Crippen molar-refractivity contribution in [3.05, 3.63) is 48.2 Å². The van der Waals surface area contributed by atoms with Crippen LogP contribution in [0.4, 0.5) is 0 Å². The molecule has 0 aliphatic heterocycles. The molecular formula is C21H24N4O. The van der Waals surface area contributed by atoms with E-state index in [1.54, 1.807) is 6.20 Å². The highest BCUT2D eigenvalue weighted by Gasteiger charge is 2.21. The van der Waals surface area contributed by atoms with Gasteiger partial charge in [-0.3, -0.25) is 4.79 Å². The molecule has 2 heterocycles. The van der Waals surface area contributed by atoms with Crippen LogP contribution in [0.3, 0.4) is 0 Å². The molecule has 134 valence electrons. The van der Waals surface area contributed by atoms with Gasteiger partial charge < -0.3 is 5.32 Å². The van der Waals surface area contributed by atoms with Crippen molar-refractivity contribution in [3.63, 3.8) is 0 Å². The van der Waals surface area contributed by atoms with E-state index in [9.17, 15) is 4.79 Å². The average molecular weight is 348 g/mol. The van der Waals surface area contributed by atoms with Crippen LogP contribution in [0, 0.1) is 0 Å². The molecule has 0 atom stereocenters. The molecule has 5 nitrogen and oxygen atoms in total. The second-order valence-electron chi connectivity index (χ2n) is 6.93. The maximum atomic E-state index is 13.0. The summed E-state index contributed by atoms with van der Waals surface area (Å²) in [6.07, 6.45) is 7.56. The highest BCUT2D eigenvalue weighted by atomic mass is 16.1. The number of nitrogens with one attached hydrogen (secondary N) is 1. The SMILES string of the molecule is CCn1ncc2c(C(=O)NC3CCCCC3)cc(-c3ccccc3)nc21. The molecule has 1 N–H and O–H groups in total. The minimum absolute atomic E-state index is 0.0165. The zero-order chi connectivity index (χ0) is 17.9. The zero-order valence-corrected chi connectivity index (χ0v) is 15.1. The normalized spacial score (nSPS) is 15.3. The van der Waals surface area contributed by atoms with E-state index in [1.165, 1.54) is 19.3 Å². The fourth-order valence-electron chi connectivity index (χ4n) is 3.73. The maximum absolute atomic E-state index is 13.0. The molecule has 0 bridgehead atoms. The van der Waals surface area contributed by atoms with Gasteiger partial charge in [0.15, 0.2) is 5.65 Å². The lowest BCUT2D eigenvalue weighted by molar-refractivity contribution is 0.0929. The Morgan fingerprint density at radius 1 is 1.19 bits per heavy atom. The zero-order valence-electron chi connectivity index (χ0n) is 15.1. The number of aromatic nitrogens is 3. The van der Waals surface area contributed by atoms with Crippen molar-refractivity contribution in [2.75, 3.05) is 0 Å². The summed E-state index contributed by atoms with van der Waals surface area (Å²) < 4.78 is 1.85. The summed E-state index contributed by atoms with van der Waals surface area (Å²) in [4.78, 5) is 17.8. The molecule has 2 aromatic heterocycles. The van der Waals surface area contributed by atoms with Crippen LogP contribution in [0.25, 0.3) is 22.3 Å². The first-order valence-electron chi connectivity index (χ1n) is 9.49. The Hall–Kier alpha value is -2.69. The fraction of sp³-hybridized carbons (Fsp3) is 0.381. The summed E-state index contributed by atoms with van der Waals surface area (Å²) in [6, 6.07) is 12.2. The van der Waals surface area contributed by atoms with Crippen molar-refractivity contribution in [2.24, 2.45) is 0 Å². The van der Waals surface area contributed by atoms with E-state index >= 15 is 0 Å². The van der Waals surface area contributed by atoms with E-state index in [4.69, 9.17) is 4.98 Å². The number of amides is 1. The number of hydrogen-bond donors (Lipinski definition) is 1. The van der Waals surface area contributed by atoms with Gasteiger partial charge in [-0.1, -0.05) is 49.6 Å². The number of aryl methyl sites for hydroxylation is 1. The van der Waals surface area contributed by atoms with E-state index < -0.39 is 0 Å². The van der Waals surface area contributed by atoms with Crippen molar-refractivity contribution >= 4 is 16.9 Å². The summed E-state index contributed by atoms with van der Waals surface area (Å²) in [5.74, 6) is -0.0165. The van der Waals surface area contributed by atoms with Gasteiger partial charge in [-0.05, 0) is 25.8 Å². The van der Waals surface area contributed by atoms with Crippen LogP contribution in [-0.2, 0) is 6.54 Å². The molecule has 1 aliphatic rings. The molecule has 4 rings (SSSR count). The number of carbonyl (C=O) groups excluding carboxylic acids is 1. The van der Waals surface area contributed by atoms with Gasteiger partial charge in [-0.25, -0.2) is 9.67 Å². The smallest absolute Gasteiger partial charge is 0.252 e. The number of nitrogens with zero attached hydrogens (tertiary/aromatic N) is 3. The quantitative estimate of drug-likeness (QED) is 0.769. The number of rotatable bonds is 4. The fourth-order valence-corrected chi connectivity index (χ4v) is 3.73.